The fourth-order valence-electron chi connectivity index (χ4n) is 3.19. The number of ether oxygens (including phenoxy) is 3. The molecular weight excluding hydrogens is 358 g/mol. The summed E-state index contributed by atoms with van der Waals surface area (Å²) in [5, 5.41) is 2.95. The second kappa shape index (κ2) is 7.54. The van der Waals surface area contributed by atoms with Crippen LogP contribution < -0.4 is 19.5 Å². The van der Waals surface area contributed by atoms with E-state index in [2.05, 4.69) is 5.32 Å². The molecule has 0 saturated carbocycles. The first-order valence-corrected chi connectivity index (χ1v) is 9.18. The monoisotopic (exact) mass is 383 g/mol. The minimum atomic E-state index is -1.10. The Morgan fingerprint density at radius 3 is 2.54 bits per heavy atom. The fourth-order valence-corrected chi connectivity index (χ4v) is 3.19. The molecule has 2 aromatic rings. The van der Waals surface area contributed by atoms with Crippen molar-refractivity contribution in [2.24, 2.45) is 5.92 Å². The summed E-state index contributed by atoms with van der Waals surface area (Å²) in [6.07, 6.45) is 0. The van der Waals surface area contributed by atoms with Crippen LogP contribution in [-0.4, -0.2) is 31.1 Å². The second-order valence-corrected chi connectivity index (χ2v) is 7.34. The highest BCUT2D eigenvalue weighted by Gasteiger charge is 2.39. The third kappa shape index (κ3) is 3.42. The minimum absolute atomic E-state index is 0.139. The summed E-state index contributed by atoms with van der Waals surface area (Å²) >= 11 is 0. The molecule has 0 aromatic heterocycles. The number of carbonyl (C=O) groups is 2. The molecule has 1 atom stereocenters. The van der Waals surface area contributed by atoms with E-state index in [0.717, 1.165) is 5.56 Å². The van der Waals surface area contributed by atoms with Crippen molar-refractivity contribution < 1.29 is 23.8 Å². The normalized spacial score (nSPS) is 14.5. The average molecular weight is 383 g/mol. The molecular formula is C22H25NO5. The molecule has 0 spiro atoms. The highest BCUT2D eigenvalue weighted by atomic mass is 16.7. The maximum absolute atomic E-state index is 13.3. The van der Waals surface area contributed by atoms with Gasteiger partial charge in [-0.05, 0) is 50.1 Å². The molecule has 6 heteroatoms. The molecule has 148 valence electrons. The molecule has 1 N–H and O–H groups in total. The number of ketones is 1. The number of hydrogen-bond acceptors (Lipinski definition) is 5. The number of hydrogen-bond donors (Lipinski definition) is 1. The van der Waals surface area contributed by atoms with E-state index in [1.54, 1.807) is 50.4 Å². The Morgan fingerprint density at radius 1 is 1.14 bits per heavy atom. The van der Waals surface area contributed by atoms with Gasteiger partial charge in [0.05, 0.1) is 7.11 Å². The summed E-state index contributed by atoms with van der Waals surface area (Å²) in [5.41, 5.74) is 0.567. The van der Waals surface area contributed by atoms with Gasteiger partial charge < -0.3 is 19.5 Å². The van der Waals surface area contributed by atoms with Crippen LogP contribution >= 0.6 is 0 Å². The summed E-state index contributed by atoms with van der Waals surface area (Å²) in [7, 11) is 1.56. The number of Topliss-reactive ketones (excluding diaryl/α,β-unsaturated/α-hetero) is 1. The van der Waals surface area contributed by atoms with Gasteiger partial charge in [-0.25, -0.2) is 0 Å². The molecule has 0 fully saturated rings. The van der Waals surface area contributed by atoms with Gasteiger partial charge in [0, 0.05) is 16.7 Å². The zero-order valence-corrected chi connectivity index (χ0v) is 16.8. The molecule has 0 saturated heterocycles. The van der Waals surface area contributed by atoms with E-state index in [4.69, 9.17) is 14.2 Å². The van der Waals surface area contributed by atoms with Crippen LogP contribution in [0.4, 0.5) is 0 Å². The van der Waals surface area contributed by atoms with Crippen LogP contribution in [0.1, 0.15) is 47.1 Å². The van der Waals surface area contributed by atoms with Crippen molar-refractivity contribution in [2.45, 2.75) is 33.2 Å². The number of methoxy groups -OCH3 is 1. The lowest BCUT2D eigenvalue weighted by molar-refractivity contribution is 0.0729. The standard InChI is InChI=1S/C22H25NO5/c1-13(2)22(4,20(24)15-9-10-18-19(11-15)28-12-27-18)23-21(25)16-7-6-8-17(26-5)14(16)3/h6-11,13H,12H2,1-5H3,(H,23,25). The quantitative estimate of drug-likeness (QED) is 0.769. The summed E-state index contributed by atoms with van der Waals surface area (Å²) in [6.45, 7) is 7.52. The predicted octanol–water partition coefficient (Wildman–Crippen LogP) is 3.76. The van der Waals surface area contributed by atoms with Crippen LogP contribution in [0.2, 0.25) is 0 Å². The number of rotatable bonds is 6. The summed E-state index contributed by atoms with van der Waals surface area (Å²) in [6, 6.07) is 10.3. The van der Waals surface area contributed by atoms with E-state index in [9.17, 15) is 9.59 Å². The Morgan fingerprint density at radius 2 is 1.86 bits per heavy atom. The first kappa shape index (κ1) is 19.7. The van der Waals surface area contributed by atoms with Crippen LogP contribution in [0.3, 0.4) is 0 Å². The van der Waals surface area contributed by atoms with Gasteiger partial charge in [0.1, 0.15) is 11.3 Å². The molecule has 1 amide bonds. The van der Waals surface area contributed by atoms with Gasteiger partial charge in [0.15, 0.2) is 17.3 Å². The molecule has 3 rings (SSSR count). The van der Waals surface area contributed by atoms with Crippen molar-refractivity contribution in [1.29, 1.82) is 0 Å². The Kier molecular flexibility index (Phi) is 5.31. The molecule has 1 heterocycles. The lowest BCUT2D eigenvalue weighted by Gasteiger charge is -2.33. The fraction of sp³-hybridized carbons (Fsp3) is 0.364. The molecule has 0 bridgehead atoms. The Labute approximate surface area is 164 Å². The average Bonchev–Trinajstić information content (AvgIpc) is 3.14. The molecule has 1 aliphatic heterocycles. The van der Waals surface area contributed by atoms with Crippen LogP contribution in [0, 0.1) is 12.8 Å². The van der Waals surface area contributed by atoms with E-state index in [1.807, 2.05) is 20.8 Å². The summed E-state index contributed by atoms with van der Waals surface area (Å²) in [4.78, 5) is 26.4. The van der Waals surface area contributed by atoms with Gasteiger partial charge in [-0.3, -0.25) is 9.59 Å². The first-order chi connectivity index (χ1) is 13.3. The highest BCUT2D eigenvalue weighted by Crippen LogP contribution is 2.34. The SMILES string of the molecule is COc1cccc(C(=O)NC(C)(C(=O)c2ccc3c(c2)OCO3)C(C)C)c1C. The first-order valence-electron chi connectivity index (χ1n) is 9.18. The Bertz CT molecular complexity index is 921. The van der Waals surface area contributed by atoms with E-state index < -0.39 is 5.54 Å². The molecule has 6 nitrogen and oxygen atoms in total. The van der Waals surface area contributed by atoms with Crippen LogP contribution in [0.5, 0.6) is 17.2 Å². The number of fused-ring (bicyclic) bond motifs is 1. The van der Waals surface area contributed by atoms with E-state index in [-0.39, 0.29) is 24.4 Å². The van der Waals surface area contributed by atoms with Gasteiger partial charge in [0.25, 0.3) is 5.91 Å². The van der Waals surface area contributed by atoms with Gasteiger partial charge in [-0.2, -0.15) is 0 Å². The van der Waals surface area contributed by atoms with Crippen LogP contribution in [0.15, 0.2) is 36.4 Å². The van der Waals surface area contributed by atoms with E-state index in [0.29, 0.717) is 28.4 Å². The summed E-state index contributed by atoms with van der Waals surface area (Å²) < 4.78 is 16.0. The molecule has 2 aromatic carbocycles. The minimum Gasteiger partial charge on any atom is -0.496 e. The Hall–Kier alpha value is -3.02. The Balaban J connectivity index is 1.92. The summed E-state index contributed by atoms with van der Waals surface area (Å²) in [5.74, 6) is 1.13. The van der Waals surface area contributed by atoms with Crippen LogP contribution in [0.25, 0.3) is 0 Å². The van der Waals surface area contributed by atoms with Crippen molar-refractivity contribution in [3.05, 3.63) is 53.1 Å². The molecule has 0 aliphatic carbocycles. The van der Waals surface area contributed by atoms with Crippen LogP contribution in [-0.2, 0) is 0 Å². The van der Waals surface area contributed by atoms with Crippen molar-refractivity contribution in [3.63, 3.8) is 0 Å². The second-order valence-electron chi connectivity index (χ2n) is 7.34. The maximum Gasteiger partial charge on any atom is 0.252 e. The van der Waals surface area contributed by atoms with Gasteiger partial charge in [-0.15, -0.1) is 0 Å². The number of benzene rings is 2. The molecule has 0 radical (unpaired) electrons. The lowest BCUT2D eigenvalue weighted by atomic mass is 9.81. The van der Waals surface area contributed by atoms with Crippen molar-refractivity contribution in [3.8, 4) is 17.2 Å². The predicted molar refractivity (Wildman–Crippen MR) is 105 cm³/mol. The number of amides is 1. The van der Waals surface area contributed by atoms with Gasteiger partial charge >= 0.3 is 0 Å². The number of carbonyl (C=O) groups excluding carboxylic acids is 2. The molecule has 28 heavy (non-hydrogen) atoms. The van der Waals surface area contributed by atoms with Gasteiger partial charge in [-0.1, -0.05) is 19.9 Å². The van der Waals surface area contributed by atoms with E-state index in [1.165, 1.54) is 0 Å². The third-order valence-corrected chi connectivity index (χ3v) is 5.38. The van der Waals surface area contributed by atoms with Gasteiger partial charge in [0.2, 0.25) is 6.79 Å². The maximum atomic E-state index is 13.3. The smallest absolute Gasteiger partial charge is 0.252 e. The van der Waals surface area contributed by atoms with Crippen molar-refractivity contribution in [1.82, 2.24) is 5.32 Å². The van der Waals surface area contributed by atoms with E-state index >= 15 is 0 Å². The zero-order chi connectivity index (χ0) is 20.5. The van der Waals surface area contributed by atoms with Crippen molar-refractivity contribution in [2.75, 3.05) is 13.9 Å². The number of nitrogens with one attached hydrogen (secondary N) is 1. The highest BCUT2D eigenvalue weighted by molar-refractivity contribution is 6.07. The zero-order valence-electron chi connectivity index (χ0n) is 16.8. The lowest BCUT2D eigenvalue weighted by Crippen LogP contribution is -2.56. The largest absolute Gasteiger partial charge is 0.496 e. The molecule has 1 unspecified atom stereocenters. The third-order valence-electron chi connectivity index (χ3n) is 5.38. The van der Waals surface area contributed by atoms with Crippen molar-refractivity contribution >= 4 is 11.7 Å². The molecule has 1 aliphatic rings. The topological polar surface area (TPSA) is 73.9 Å².